The number of ether oxygens (including phenoxy) is 1. The summed E-state index contributed by atoms with van der Waals surface area (Å²) in [6, 6.07) is 12.1. The fourth-order valence-corrected chi connectivity index (χ4v) is 3.44. The molecule has 0 aliphatic rings. The van der Waals surface area contributed by atoms with Crippen LogP contribution in [0.1, 0.15) is 56.7 Å². The van der Waals surface area contributed by atoms with Crippen molar-refractivity contribution in [1.29, 1.82) is 0 Å². The van der Waals surface area contributed by atoms with Crippen LogP contribution in [0.4, 0.5) is 0 Å². The standard InChI is InChI=1S/C28H33ClN4O5/c1-18(2)31-32-20(4)25(17-27(36)38-33(5)26(35)8-7-15-34)30-28(21-10-12-22(29)13-11-21)24-16-23(37-6)14-9-19(24)3/h9-16,25H,7-8,17H2,1-6H3/b30-28?,32-20+/t25-/m0/s1. The van der Waals surface area contributed by atoms with Gasteiger partial charge in [0, 0.05) is 41.8 Å². The van der Waals surface area contributed by atoms with E-state index >= 15 is 0 Å². The maximum atomic E-state index is 12.9. The highest BCUT2D eigenvalue weighted by molar-refractivity contribution is 6.30. The fourth-order valence-electron chi connectivity index (χ4n) is 3.32. The lowest BCUT2D eigenvalue weighted by atomic mass is 9.97. The van der Waals surface area contributed by atoms with Gasteiger partial charge < -0.3 is 14.4 Å². The Morgan fingerprint density at radius 3 is 2.37 bits per heavy atom. The van der Waals surface area contributed by atoms with Crippen LogP contribution in [-0.4, -0.2) is 60.6 Å². The quantitative estimate of drug-likeness (QED) is 0.226. The summed E-state index contributed by atoms with van der Waals surface area (Å²) in [7, 11) is 2.91. The molecule has 0 aromatic heterocycles. The van der Waals surface area contributed by atoms with E-state index in [1.807, 2.05) is 51.1 Å². The van der Waals surface area contributed by atoms with Gasteiger partial charge in [-0.3, -0.25) is 9.79 Å². The van der Waals surface area contributed by atoms with Crippen molar-refractivity contribution in [2.75, 3.05) is 14.2 Å². The lowest BCUT2D eigenvalue weighted by molar-refractivity contribution is -0.192. The number of hydroxylamine groups is 2. The minimum Gasteiger partial charge on any atom is -0.497 e. The van der Waals surface area contributed by atoms with Gasteiger partial charge in [-0.05, 0) is 57.5 Å². The normalized spacial score (nSPS) is 12.4. The summed E-state index contributed by atoms with van der Waals surface area (Å²) in [6.07, 6.45) is 0.403. The Labute approximate surface area is 228 Å². The molecule has 0 radical (unpaired) electrons. The highest BCUT2D eigenvalue weighted by Gasteiger charge is 2.23. The summed E-state index contributed by atoms with van der Waals surface area (Å²) >= 11 is 6.14. The summed E-state index contributed by atoms with van der Waals surface area (Å²) in [6.45, 7) is 7.30. The van der Waals surface area contributed by atoms with Crippen molar-refractivity contribution in [3.8, 4) is 5.75 Å². The largest absolute Gasteiger partial charge is 0.497 e. The van der Waals surface area contributed by atoms with Crippen LogP contribution in [0.3, 0.4) is 0 Å². The van der Waals surface area contributed by atoms with Gasteiger partial charge in [-0.1, -0.05) is 29.8 Å². The summed E-state index contributed by atoms with van der Waals surface area (Å²) in [4.78, 5) is 45.7. The number of aliphatic imine (C=N–C) groups is 1. The maximum absolute atomic E-state index is 12.9. The van der Waals surface area contributed by atoms with E-state index in [1.54, 1.807) is 26.2 Å². The van der Waals surface area contributed by atoms with Gasteiger partial charge in [0.15, 0.2) is 0 Å². The number of carbonyl (C=O) groups is 3. The smallest absolute Gasteiger partial charge is 0.335 e. The van der Waals surface area contributed by atoms with Crippen LogP contribution in [0.25, 0.3) is 0 Å². The SMILES string of the molecule is COc1ccc(C)c(C(=N[C@@H](CC(=O)ON(C)C(=O)CCC=O)/C(C)=N/N=C(C)C)c2ccc(Cl)cc2)c1. The zero-order chi connectivity index (χ0) is 28.2. The Hall–Kier alpha value is -3.85. The Morgan fingerprint density at radius 2 is 1.76 bits per heavy atom. The number of aldehydes is 1. The number of hydrogen-bond donors (Lipinski definition) is 0. The van der Waals surface area contributed by atoms with E-state index in [4.69, 9.17) is 26.2 Å². The summed E-state index contributed by atoms with van der Waals surface area (Å²) in [5, 5.41) is 9.81. The van der Waals surface area contributed by atoms with Crippen molar-refractivity contribution >= 4 is 46.9 Å². The van der Waals surface area contributed by atoms with Crippen LogP contribution in [0.15, 0.2) is 57.7 Å². The number of carbonyl (C=O) groups excluding carboxylic acids is 3. The molecule has 2 rings (SSSR count). The van der Waals surface area contributed by atoms with Gasteiger partial charge in [0.1, 0.15) is 18.1 Å². The topological polar surface area (TPSA) is 110 Å². The third-order valence-corrected chi connectivity index (χ3v) is 5.67. The first-order chi connectivity index (χ1) is 18.0. The molecule has 10 heteroatoms. The lowest BCUT2D eigenvalue weighted by Gasteiger charge is -2.19. The highest BCUT2D eigenvalue weighted by atomic mass is 35.5. The van der Waals surface area contributed by atoms with E-state index in [-0.39, 0.29) is 19.3 Å². The van der Waals surface area contributed by atoms with Crippen molar-refractivity contribution < 1.29 is 24.0 Å². The molecule has 202 valence electrons. The fraction of sp³-hybridized carbons (Fsp3) is 0.357. The number of benzene rings is 2. The molecule has 38 heavy (non-hydrogen) atoms. The Kier molecular flexibility index (Phi) is 11.8. The van der Waals surface area contributed by atoms with E-state index in [2.05, 4.69) is 10.2 Å². The Morgan fingerprint density at radius 1 is 1.08 bits per heavy atom. The van der Waals surface area contributed by atoms with Gasteiger partial charge in [0.25, 0.3) is 5.91 Å². The van der Waals surface area contributed by atoms with E-state index in [1.165, 1.54) is 7.05 Å². The molecule has 0 N–H and O–H groups in total. The van der Waals surface area contributed by atoms with Crippen molar-refractivity contribution in [2.24, 2.45) is 15.2 Å². The third-order valence-electron chi connectivity index (χ3n) is 5.42. The van der Waals surface area contributed by atoms with Gasteiger partial charge in [0.2, 0.25) is 0 Å². The minimum atomic E-state index is -0.764. The molecular weight excluding hydrogens is 508 g/mol. The molecule has 0 saturated carbocycles. The number of methoxy groups -OCH3 is 1. The maximum Gasteiger partial charge on any atom is 0.335 e. The average Bonchev–Trinajstić information content (AvgIpc) is 2.89. The molecule has 2 aromatic carbocycles. The number of aryl methyl sites for hydroxylation is 1. The third kappa shape index (κ3) is 9.23. The van der Waals surface area contributed by atoms with Gasteiger partial charge >= 0.3 is 5.97 Å². The summed E-state index contributed by atoms with van der Waals surface area (Å²) < 4.78 is 5.44. The molecular formula is C28H33ClN4O5. The second-order valence-electron chi connectivity index (χ2n) is 8.73. The number of halogens is 1. The number of rotatable bonds is 11. The highest BCUT2D eigenvalue weighted by Crippen LogP contribution is 2.23. The summed E-state index contributed by atoms with van der Waals surface area (Å²) in [5.74, 6) is -0.531. The van der Waals surface area contributed by atoms with E-state index < -0.39 is 17.9 Å². The van der Waals surface area contributed by atoms with Crippen LogP contribution in [0.5, 0.6) is 5.75 Å². The molecule has 0 bridgehead atoms. The molecule has 0 aliphatic heterocycles. The first kappa shape index (κ1) is 30.4. The molecule has 9 nitrogen and oxygen atoms in total. The van der Waals surface area contributed by atoms with E-state index in [0.717, 1.165) is 27.5 Å². The van der Waals surface area contributed by atoms with Crippen molar-refractivity contribution in [3.05, 3.63) is 64.2 Å². The van der Waals surface area contributed by atoms with E-state index in [9.17, 15) is 14.4 Å². The predicted molar refractivity (Wildman–Crippen MR) is 149 cm³/mol. The Bertz CT molecular complexity index is 1230. The van der Waals surface area contributed by atoms with Gasteiger partial charge in [-0.2, -0.15) is 15.3 Å². The first-order valence-corrected chi connectivity index (χ1v) is 12.4. The molecule has 0 saturated heterocycles. The van der Waals surface area contributed by atoms with Crippen LogP contribution in [0, 0.1) is 6.92 Å². The molecule has 0 unspecified atom stereocenters. The molecule has 0 fully saturated rings. The second-order valence-corrected chi connectivity index (χ2v) is 9.17. The monoisotopic (exact) mass is 540 g/mol. The van der Waals surface area contributed by atoms with E-state index in [0.29, 0.717) is 28.5 Å². The van der Waals surface area contributed by atoms with Crippen molar-refractivity contribution in [2.45, 2.75) is 53.0 Å². The van der Waals surface area contributed by atoms with Crippen LogP contribution in [0.2, 0.25) is 5.02 Å². The van der Waals surface area contributed by atoms with Gasteiger partial charge in [0.05, 0.1) is 25.0 Å². The average molecular weight is 541 g/mol. The minimum absolute atomic E-state index is 0.0398. The summed E-state index contributed by atoms with van der Waals surface area (Å²) in [5.41, 5.74) is 4.32. The second kappa shape index (κ2) is 14.8. The van der Waals surface area contributed by atoms with Crippen LogP contribution >= 0.6 is 11.6 Å². The molecule has 0 spiro atoms. The zero-order valence-electron chi connectivity index (χ0n) is 22.5. The van der Waals surface area contributed by atoms with Gasteiger partial charge in [-0.25, -0.2) is 4.79 Å². The number of hydrogen-bond acceptors (Lipinski definition) is 8. The molecule has 2 aromatic rings. The van der Waals surface area contributed by atoms with Crippen molar-refractivity contribution in [1.82, 2.24) is 5.06 Å². The molecule has 0 aliphatic carbocycles. The van der Waals surface area contributed by atoms with Crippen LogP contribution < -0.4 is 4.74 Å². The Balaban J connectivity index is 2.57. The zero-order valence-corrected chi connectivity index (χ0v) is 23.3. The van der Waals surface area contributed by atoms with Gasteiger partial charge in [-0.15, -0.1) is 0 Å². The first-order valence-electron chi connectivity index (χ1n) is 12.0. The van der Waals surface area contributed by atoms with Crippen LogP contribution in [-0.2, 0) is 19.2 Å². The molecule has 0 heterocycles. The number of nitrogens with zero attached hydrogens (tertiary/aromatic N) is 4. The van der Waals surface area contributed by atoms with Crippen molar-refractivity contribution in [3.63, 3.8) is 0 Å². The molecule has 1 atom stereocenters. The molecule has 1 amide bonds. The lowest BCUT2D eigenvalue weighted by Crippen LogP contribution is -2.32. The predicted octanol–water partition coefficient (Wildman–Crippen LogP) is 5.01. The number of amides is 1.